The largest absolute Gasteiger partial charge is 0.454 e. The van der Waals surface area contributed by atoms with Gasteiger partial charge < -0.3 is 4.42 Å². The quantitative estimate of drug-likeness (QED) is 0.502. The highest BCUT2D eigenvalue weighted by atomic mass is 32.2. The fourth-order valence-electron chi connectivity index (χ4n) is 2.20. The van der Waals surface area contributed by atoms with Crippen molar-refractivity contribution in [1.29, 1.82) is 0 Å². The normalized spacial score (nSPS) is 16.9. The number of thioether (sulfide) groups is 1. The highest BCUT2D eigenvalue weighted by Gasteiger charge is 2.29. The summed E-state index contributed by atoms with van der Waals surface area (Å²) in [6, 6.07) is 11.7. The van der Waals surface area contributed by atoms with Gasteiger partial charge in [-0.05, 0) is 24.3 Å². The molecular weight excluding hydrogens is 348 g/mol. The molecular formula is C16H10N2O2S3. The first kappa shape index (κ1) is 14.6. The van der Waals surface area contributed by atoms with Crippen molar-refractivity contribution in [3.63, 3.8) is 0 Å². The van der Waals surface area contributed by atoms with Gasteiger partial charge in [-0.1, -0.05) is 36.1 Å². The number of likely N-dealkylation sites (N-methyl/N-ethyl adjacent to an activating group) is 1. The molecule has 1 aliphatic rings. The first-order chi connectivity index (χ1) is 11.1. The lowest BCUT2D eigenvalue weighted by Crippen LogP contribution is -2.22. The summed E-state index contributed by atoms with van der Waals surface area (Å²) in [4.78, 5) is 18.6. The highest BCUT2D eigenvalue weighted by molar-refractivity contribution is 8.26. The zero-order valence-electron chi connectivity index (χ0n) is 12.0. The van der Waals surface area contributed by atoms with E-state index in [4.69, 9.17) is 16.6 Å². The average Bonchev–Trinajstić information content (AvgIpc) is 3.23. The number of para-hydroxylation sites is 1. The molecule has 1 saturated heterocycles. The summed E-state index contributed by atoms with van der Waals surface area (Å²) in [5.41, 5.74) is 0.956. The molecule has 0 bridgehead atoms. The molecule has 7 heteroatoms. The number of amides is 1. The Kier molecular flexibility index (Phi) is 3.56. The van der Waals surface area contributed by atoms with E-state index in [1.54, 1.807) is 24.5 Å². The number of thiazole rings is 1. The van der Waals surface area contributed by atoms with E-state index in [2.05, 4.69) is 4.98 Å². The van der Waals surface area contributed by atoms with Gasteiger partial charge in [-0.2, -0.15) is 0 Å². The summed E-state index contributed by atoms with van der Waals surface area (Å²) in [5.74, 6) is 1.22. The van der Waals surface area contributed by atoms with E-state index >= 15 is 0 Å². The number of carbonyl (C=O) groups excluding carboxylic acids is 1. The van der Waals surface area contributed by atoms with Gasteiger partial charge in [-0.25, -0.2) is 4.98 Å². The molecule has 3 aromatic rings. The lowest BCUT2D eigenvalue weighted by molar-refractivity contribution is -0.121. The van der Waals surface area contributed by atoms with Gasteiger partial charge in [0.2, 0.25) is 0 Å². The molecule has 0 aliphatic carbocycles. The summed E-state index contributed by atoms with van der Waals surface area (Å²) >= 11 is 7.98. The van der Waals surface area contributed by atoms with Crippen LogP contribution in [0.4, 0.5) is 0 Å². The van der Waals surface area contributed by atoms with Crippen LogP contribution in [0.25, 0.3) is 27.1 Å². The summed E-state index contributed by atoms with van der Waals surface area (Å²) in [7, 11) is 1.67. The van der Waals surface area contributed by atoms with Crippen molar-refractivity contribution in [3.05, 3.63) is 47.1 Å². The fraction of sp³-hybridized carbons (Fsp3) is 0.0625. The van der Waals surface area contributed by atoms with E-state index < -0.39 is 0 Å². The lowest BCUT2D eigenvalue weighted by Gasteiger charge is -2.03. The minimum Gasteiger partial charge on any atom is -0.454 e. The molecule has 0 saturated carbocycles. The van der Waals surface area contributed by atoms with E-state index in [9.17, 15) is 4.79 Å². The zero-order chi connectivity index (χ0) is 16.0. The predicted octanol–water partition coefficient (Wildman–Crippen LogP) is 4.39. The second kappa shape index (κ2) is 5.59. The van der Waals surface area contributed by atoms with Gasteiger partial charge in [0.05, 0.1) is 15.1 Å². The van der Waals surface area contributed by atoms with E-state index in [1.807, 2.05) is 36.4 Å². The maximum atomic E-state index is 12.0. The number of aromatic nitrogens is 1. The third-order valence-electron chi connectivity index (χ3n) is 3.39. The third kappa shape index (κ3) is 2.60. The van der Waals surface area contributed by atoms with Crippen LogP contribution in [0.5, 0.6) is 0 Å². The van der Waals surface area contributed by atoms with Gasteiger partial charge in [-0.15, -0.1) is 11.3 Å². The van der Waals surface area contributed by atoms with Crippen LogP contribution in [0, 0.1) is 0 Å². The molecule has 3 heterocycles. The molecule has 0 N–H and O–H groups in total. The Hall–Kier alpha value is -1.96. The number of furan rings is 1. The van der Waals surface area contributed by atoms with Crippen LogP contribution in [0.1, 0.15) is 5.76 Å². The minimum atomic E-state index is -0.0991. The van der Waals surface area contributed by atoms with Crippen LogP contribution in [-0.4, -0.2) is 27.2 Å². The minimum absolute atomic E-state index is 0.0991. The molecule has 1 amide bonds. The number of fused-ring (bicyclic) bond motifs is 1. The molecule has 1 fully saturated rings. The number of thiocarbonyl (C=S) groups is 1. The van der Waals surface area contributed by atoms with Gasteiger partial charge in [0.25, 0.3) is 5.91 Å². The number of hydrogen-bond acceptors (Lipinski definition) is 6. The van der Waals surface area contributed by atoms with Gasteiger partial charge >= 0.3 is 0 Å². The standard InChI is InChI=1S/C16H10N2O2S3/c1-18-15(19)13(23-16(18)21)8-9-6-7-11(20-9)14-17-10-4-2-3-5-12(10)22-14/h2-8H,1H3. The molecule has 4 nitrogen and oxygen atoms in total. The molecule has 2 aromatic heterocycles. The van der Waals surface area contributed by atoms with Crippen LogP contribution in [-0.2, 0) is 4.79 Å². The second-order valence-electron chi connectivity index (χ2n) is 4.93. The van der Waals surface area contributed by atoms with Crippen molar-refractivity contribution >= 4 is 61.8 Å². The SMILES string of the molecule is CN1C(=O)C(=Cc2ccc(-c3nc4ccccc4s3)o2)SC1=S. The number of carbonyl (C=O) groups is 1. The molecule has 23 heavy (non-hydrogen) atoms. The van der Waals surface area contributed by atoms with Crippen molar-refractivity contribution in [2.45, 2.75) is 0 Å². The average molecular weight is 358 g/mol. The zero-order valence-corrected chi connectivity index (χ0v) is 14.4. The van der Waals surface area contributed by atoms with Crippen molar-refractivity contribution < 1.29 is 9.21 Å². The van der Waals surface area contributed by atoms with E-state index in [1.165, 1.54) is 16.7 Å². The van der Waals surface area contributed by atoms with Crippen molar-refractivity contribution in [3.8, 4) is 10.8 Å². The van der Waals surface area contributed by atoms with E-state index in [0.717, 1.165) is 15.2 Å². The fourth-order valence-corrected chi connectivity index (χ4v) is 4.28. The first-order valence-corrected chi connectivity index (χ1v) is 8.83. The molecule has 0 unspecified atom stereocenters. The van der Waals surface area contributed by atoms with E-state index in [-0.39, 0.29) is 5.91 Å². The third-order valence-corrected chi connectivity index (χ3v) is 5.93. The van der Waals surface area contributed by atoms with Gasteiger partial charge in [0.15, 0.2) is 10.8 Å². The first-order valence-electron chi connectivity index (χ1n) is 6.79. The van der Waals surface area contributed by atoms with Gasteiger partial charge in [0.1, 0.15) is 10.1 Å². The van der Waals surface area contributed by atoms with Crippen LogP contribution < -0.4 is 0 Å². The Bertz CT molecular complexity index is 938. The van der Waals surface area contributed by atoms with Gasteiger partial charge in [-0.3, -0.25) is 9.69 Å². The topological polar surface area (TPSA) is 46.3 Å². The summed E-state index contributed by atoms with van der Waals surface area (Å²) in [6.45, 7) is 0. The predicted molar refractivity (Wildman–Crippen MR) is 98.3 cm³/mol. The van der Waals surface area contributed by atoms with Crippen LogP contribution >= 0.6 is 35.3 Å². The molecule has 1 aliphatic heterocycles. The smallest absolute Gasteiger partial charge is 0.266 e. The summed E-state index contributed by atoms with van der Waals surface area (Å²) in [6.07, 6.45) is 1.72. The Balaban J connectivity index is 1.67. The van der Waals surface area contributed by atoms with Gasteiger partial charge in [0, 0.05) is 13.1 Å². The Morgan fingerprint density at radius 3 is 2.83 bits per heavy atom. The maximum Gasteiger partial charge on any atom is 0.266 e. The van der Waals surface area contributed by atoms with E-state index in [0.29, 0.717) is 20.7 Å². The second-order valence-corrected chi connectivity index (χ2v) is 7.64. The molecule has 0 atom stereocenters. The number of benzene rings is 1. The maximum absolute atomic E-state index is 12.0. The Morgan fingerprint density at radius 2 is 2.09 bits per heavy atom. The number of hydrogen-bond donors (Lipinski definition) is 0. The van der Waals surface area contributed by atoms with Crippen molar-refractivity contribution in [2.75, 3.05) is 7.05 Å². The molecule has 0 radical (unpaired) electrons. The molecule has 4 rings (SSSR count). The summed E-state index contributed by atoms with van der Waals surface area (Å²) < 4.78 is 7.50. The van der Waals surface area contributed by atoms with Crippen LogP contribution in [0.2, 0.25) is 0 Å². The Morgan fingerprint density at radius 1 is 1.26 bits per heavy atom. The number of rotatable bonds is 2. The van der Waals surface area contributed by atoms with Crippen LogP contribution in [0.3, 0.4) is 0 Å². The molecule has 1 aromatic carbocycles. The molecule has 0 spiro atoms. The van der Waals surface area contributed by atoms with Crippen molar-refractivity contribution in [1.82, 2.24) is 9.88 Å². The van der Waals surface area contributed by atoms with Crippen molar-refractivity contribution in [2.24, 2.45) is 0 Å². The Labute approximate surface area is 145 Å². The summed E-state index contributed by atoms with van der Waals surface area (Å²) in [5, 5.41) is 0.828. The monoisotopic (exact) mass is 358 g/mol. The molecule has 114 valence electrons. The highest BCUT2D eigenvalue weighted by Crippen LogP contribution is 2.34. The number of nitrogens with zero attached hydrogens (tertiary/aromatic N) is 2. The van der Waals surface area contributed by atoms with Crippen LogP contribution in [0.15, 0.2) is 45.7 Å². The lowest BCUT2D eigenvalue weighted by atomic mass is 10.3.